The number of nitrogen functional groups attached to an aromatic ring is 1. The van der Waals surface area contributed by atoms with Crippen LogP contribution in [0.2, 0.25) is 0 Å². The van der Waals surface area contributed by atoms with Gasteiger partial charge in [-0.3, -0.25) is 0 Å². The number of nitrogens with two attached hydrogens (primary N) is 1. The van der Waals surface area contributed by atoms with Gasteiger partial charge in [0, 0.05) is 22.4 Å². The molecule has 8 nitrogen and oxygen atoms in total. The molecule has 0 atom stereocenters. The predicted octanol–water partition coefficient (Wildman–Crippen LogP) is 6.34. The first-order valence-electron chi connectivity index (χ1n) is 12.5. The molecular formula is C31H21F2N5O3S. The third kappa shape index (κ3) is 5.79. The van der Waals surface area contributed by atoms with E-state index in [2.05, 4.69) is 22.1 Å². The molecule has 0 radical (unpaired) electrons. The number of halogens is 2. The van der Waals surface area contributed by atoms with Crippen LogP contribution in [0.15, 0.2) is 82.2 Å². The smallest absolute Gasteiger partial charge is 0.227 e. The molecule has 5 rings (SSSR count). The lowest BCUT2D eigenvalue weighted by Crippen LogP contribution is -2.04. The van der Waals surface area contributed by atoms with Crippen molar-refractivity contribution in [3.63, 3.8) is 0 Å². The average Bonchev–Trinajstić information content (AvgIpc) is 3.45. The highest BCUT2D eigenvalue weighted by atomic mass is 32.2. The number of aromatic nitrogens is 2. The number of anilines is 1. The second-order valence-electron chi connectivity index (χ2n) is 8.83. The number of nitriles is 2. The summed E-state index contributed by atoms with van der Waals surface area (Å²) >= 11 is 1.17. The number of nitrogens with zero attached hydrogens (tertiary/aromatic N) is 4. The van der Waals surface area contributed by atoms with Gasteiger partial charge in [-0.2, -0.15) is 10.5 Å². The number of benzene rings is 3. The first kappa shape index (κ1) is 28.3. The van der Waals surface area contributed by atoms with Crippen LogP contribution in [0.5, 0.6) is 5.75 Å². The maximum atomic E-state index is 14.0. The molecule has 0 spiro atoms. The molecule has 3 N–H and O–H groups in total. The summed E-state index contributed by atoms with van der Waals surface area (Å²) < 4.78 is 38.9. The number of hydrogen-bond acceptors (Lipinski definition) is 9. The van der Waals surface area contributed by atoms with Crippen molar-refractivity contribution in [3.8, 4) is 51.8 Å². The number of pyridine rings is 1. The Bertz CT molecular complexity index is 1830. The Morgan fingerprint density at radius 2 is 1.60 bits per heavy atom. The lowest BCUT2D eigenvalue weighted by Gasteiger charge is -2.13. The van der Waals surface area contributed by atoms with Crippen LogP contribution >= 0.6 is 11.8 Å². The molecular weight excluding hydrogens is 560 g/mol. The van der Waals surface area contributed by atoms with Gasteiger partial charge < -0.3 is 20.0 Å². The second-order valence-corrected chi connectivity index (χ2v) is 9.79. The lowest BCUT2D eigenvalue weighted by atomic mass is 9.97. The standard InChI is InChI=1S/C31H21F2N5O3S/c32-24-11-8-20(14-25(24)33)30-37-26(28(41-30)19-4-2-1-3-5-19)17-42-31-23(16-35)27(22(15-34)29(36)38-31)18-6-9-21(10-7-18)40-13-12-39/h1-11,14,39H,12-13,17H2,(H2,36,38). The van der Waals surface area contributed by atoms with Gasteiger partial charge in [-0.1, -0.05) is 54.2 Å². The summed E-state index contributed by atoms with van der Waals surface area (Å²) in [5.41, 5.74) is 8.73. The van der Waals surface area contributed by atoms with E-state index in [1.807, 2.05) is 30.3 Å². The van der Waals surface area contributed by atoms with Crippen molar-refractivity contribution in [1.29, 1.82) is 10.5 Å². The molecule has 0 unspecified atom stereocenters. The van der Waals surface area contributed by atoms with Crippen LogP contribution in [0.3, 0.4) is 0 Å². The molecule has 0 bridgehead atoms. The molecule has 0 saturated heterocycles. The first-order chi connectivity index (χ1) is 20.4. The van der Waals surface area contributed by atoms with E-state index < -0.39 is 11.6 Å². The quantitative estimate of drug-likeness (QED) is 0.191. The summed E-state index contributed by atoms with van der Waals surface area (Å²) in [6.07, 6.45) is 0. The van der Waals surface area contributed by atoms with Gasteiger partial charge >= 0.3 is 0 Å². The van der Waals surface area contributed by atoms with Crippen LogP contribution in [0.4, 0.5) is 14.6 Å². The van der Waals surface area contributed by atoms with E-state index in [0.717, 1.165) is 12.1 Å². The molecule has 0 amide bonds. The molecule has 0 aliphatic heterocycles. The average molecular weight is 582 g/mol. The summed E-state index contributed by atoms with van der Waals surface area (Å²) in [6.45, 7) is -0.0137. The number of aliphatic hydroxyl groups is 1. The van der Waals surface area contributed by atoms with Gasteiger partial charge in [0.25, 0.3) is 0 Å². The summed E-state index contributed by atoms with van der Waals surface area (Å²) in [5, 5.41) is 29.3. The van der Waals surface area contributed by atoms with Gasteiger partial charge in [-0.05, 0) is 35.9 Å². The van der Waals surface area contributed by atoms with Crippen LogP contribution in [0.1, 0.15) is 16.8 Å². The molecule has 0 aliphatic rings. The van der Waals surface area contributed by atoms with E-state index in [1.165, 1.54) is 17.8 Å². The Morgan fingerprint density at radius 1 is 0.881 bits per heavy atom. The van der Waals surface area contributed by atoms with E-state index in [-0.39, 0.29) is 52.4 Å². The fourth-order valence-electron chi connectivity index (χ4n) is 4.23. The van der Waals surface area contributed by atoms with Crippen molar-refractivity contribution in [1.82, 2.24) is 9.97 Å². The highest BCUT2D eigenvalue weighted by Crippen LogP contribution is 2.39. The summed E-state index contributed by atoms with van der Waals surface area (Å²) in [4.78, 5) is 8.92. The molecule has 2 heterocycles. The van der Waals surface area contributed by atoms with E-state index in [4.69, 9.17) is 20.0 Å². The number of hydrogen-bond donors (Lipinski definition) is 2. The summed E-state index contributed by atoms with van der Waals surface area (Å²) in [7, 11) is 0. The van der Waals surface area contributed by atoms with Gasteiger partial charge in [-0.25, -0.2) is 18.7 Å². The Morgan fingerprint density at radius 3 is 2.26 bits per heavy atom. The summed E-state index contributed by atoms with van der Waals surface area (Å²) in [6, 6.07) is 23.5. The third-order valence-corrected chi connectivity index (χ3v) is 7.15. The Balaban J connectivity index is 1.54. The van der Waals surface area contributed by atoms with E-state index in [0.29, 0.717) is 33.9 Å². The zero-order chi connectivity index (χ0) is 29.6. The van der Waals surface area contributed by atoms with E-state index in [1.54, 1.807) is 24.3 Å². The zero-order valence-electron chi connectivity index (χ0n) is 21.8. The molecule has 5 aromatic rings. The number of thioether (sulfide) groups is 1. The molecule has 0 saturated carbocycles. The van der Waals surface area contributed by atoms with Crippen molar-refractivity contribution >= 4 is 17.6 Å². The topological polar surface area (TPSA) is 142 Å². The molecule has 2 aromatic heterocycles. The van der Waals surface area contributed by atoms with Crippen LogP contribution in [0, 0.1) is 34.3 Å². The van der Waals surface area contributed by atoms with Crippen LogP contribution in [0.25, 0.3) is 33.9 Å². The van der Waals surface area contributed by atoms with Crippen LogP contribution < -0.4 is 10.5 Å². The zero-order valence-corrected chi connectivity index (χ0v) is 22.7. The lowest BCUT2D eigenvalue weighted by molar-refractivity contribution is 0.201. The first-order valence-corrected chi connectivity index (χ1v) is 13.5. The van der Waals surface area contributed by atoms with Crippen molar-refractivity contribution < 1.29 is 23.0 Å². The van der Waals surface area contributed by atoms with E-state index in [9.17, 15) is 19.3 Å². The van der Waals surface area contributed by atoms with Crippen molar-refractivity contribution in [3.05, 3.63) is 101 Å². The molecule has 3 aromatic carbocycles. The second kappa shape index (κ2) is 12.5. The maximum absolute atomic E-state index is 14.0. The number of ether oxygens (including phenoxy) is 1. The minimum Gasteiger partial charge on any atom is -0.491 e. The van der Waals surface area contributed by atoms with Gasteiger partial charge in [0.2, 0.25) is 5.89 Å². The summed E-state index contributed by atoms with van der Waals surface area (Å²) in [5.74, 6) is -0.849. The molecule has 11 heteroatoms. The number of rotatable bonds is 9. The third-order valence-electron chi connectivity index (χ3n) is 6.16. The Hall–Kier alpha value is -5.23. The molecule has 0 fully saturated rings. The predicted molar refractivity (Wildman–Crippen MR) is 153 cm³/mol. The highest BCUT2D eigenvalue weighted by molar-refractivity contribution is 7.98. The number of aliphatic hydroxyl groups excluding tert-OH is 1. The monoisotopic (exact) mass is 581 g/mol. The Labute approximate surface area is 243 Å². The molecule has 0 aliphatic carbocycles. The Kier molecular flexibility index (Phi) is 8.44. The minimum absolute atomic E-state index is 0.0412. The van der Waals surface area contributed by atoms with Gasteiger partial charge in [0.15, 0.2) is 17.4 Å². The van der Waals surface area contributed by atoms with Crippen molar-refractivity contribution in [2.24, 2.45) is 0 Å². The van der Waals surface area contributed by atoms with Crippen molar-refractivity contribution in [2.75, 3.05) is 18.9 Å². The molecule has 208 valence electrons. The van der Waals surface area contributed by atoms with Gasteiger partial charge in [-0.15, -0.1) is 0 Å². The van der Waals surface area contributed by atoms with Gasteiger partial charge in [0.1, 0.15) is 40.9 Å². The maximum Gasteiger partial charge on any atom is 0.227 e. The van der Waals surface area contributed by atoms with Crippen LogP contribution in [-0.2, 0) is 5.75 Å². The number of oxazole rings is 1. The SMILES string of the molecule is N#Cc1c(N)nc(SCc2nc(-c3ccc(F)c(F)c3)oc2-c2ccccc2)c(C#N)c1-c1ccc(OCCO)cc1. The van der Waals surface area contributed by atoms with E-state index >= 15 is 0 Å². The normalized spacial score (nSPS) is 10.7. The molecule has 42 heavy (non-hydrogen) atoms. The van der Waals surface area contributed by atoms with Crippen LogP contribution in [-0.4, -0.2) is 28.3 Å². The highest BCUT2D eigenvalue weighted by Gasteiger charge is 2.23. The fourth-order valence-corrected chi connectivity index (χ4v) is 5.15. The van der Waals surface area contributed by atoms with Crippen molar-refractivity contribution in [2.45, 2.75) is 10.8 Å². The minimum atomic E-state index is -1.03. The fraction of sp³-hybridized carbons (Fsp3) is 0.0968. The largest absolute Gasteiger partial charge is 0.491 e. The van der Waals surface area contributed by atoms with Gasteiger partial charge in [0.05, 0.1) is 17.9 Å².